The Morgan fingerprint density at radius 1 is 1.15 bits per heavy atom. The second kappa shape index (κ2) is 8.47. The van der Waals surface area contributed by atoms with E-state index in [-0.39, 0.29) is 23.7 Å². The third-order valence-electron chi connectivity index (χ3n) is 6.82. The maximum Gasteiger partial charge on any atom is 0.254 e. The number of nitrogens with zero attached hydrogens (tertiary/aromatic N) is 6. The second-order valence-corrected chi connectivity index (χ2v) is 9.15. The van der Waals surface area contributed by atoms with Crippen LogP contribution in [0.15, 0.2) is 30.5 Å². The number of amides is 1. The molecule has 3 aromatic rings. The lowest BCUT2D eigenvalue weighted by Gasteiger charge is -2.35. The van der Waals surface area contributed by atoms with Crippen molar-refractivity contribution < 1.29 is 9.18 Å². The number of carbonyl (C=O) groups is 1. The fourth-order valence-electron chi connectivity index (χ4n) is 5.06. The van der Waals surface area contributed by atoms with Crippen molar-refractivity contribution in [1.82, 2.24) is 19.5 Å². The van der Waals surface area contributed by atoms with Gasteiger partial charge in [0.1, 0.15) is 11.6 Å². The van der Waals surface area contributed by atoms with Crippen LogP contribution in [0.25, 0.3) is 5.65 Å². The van der Waals surface area contributed by atoms with Crippen molar-refractivity contribution in [3.63, 3.8) is 0 Å². The van der Waals surface area contributed by atoms with Crippen LogP contribution < -0.4 is 4.90 Å². The van der Waals surface area contributed by atoms with Crippen LogP contribution in [-0.2, 0) is 0 Å². The van der Waals surface area contributed by atoms with Gasteiger partial charge in [0.2, 0.25) is 0 Å². The van der Waals surface area contributed by atoms with Gasteiger partial charge in [-0.2, -0.15) is 10.4 Å². The molecule has 8 heteroatoms. The maximum atomic E-state index is 13.6. The van der Waals surface area contributed by atoms with Gasteiger partial charge in [-0.15, -0.1) is 0 Å². The van der Waals surface area contributed by atoms with Crippen LogP contribution in [-0.4, -0.2) is 45.0 Å². The average Bonchev–Trinajstić information content (AvgIpc) is 3.44. The third-order valence-corrected chi connectivity index (χ3v) is 6.82. The molecule has 170 valence electrons. The largest absolute Gasteiger partial charge is 0.355 e. The molecule has 0 radical (unpaired) electrons. The lowest BCUT2D eigenvalue weighted by atomic mass is 9.97. The Morgan fingerprint density at radius 2 is 2.00 bits per heavy atom. The summed E-state index contributed by atoms with van der Waals surface area (Å²) in [5.41, 5.74) is 3.74. The summed E-state index contributed by atoms with van der Waals surface area (Å²) < 4.78 is 15.4. The molecule has 0 aliphatic carbocycles. The number of hydrogen-bond donors (Lipinski definition) is 0. The highest BCUT2D eigenvalue weighted by atomic mass is 19.1. The monoisotopic (exact) mass is 446 g/mol. The summed E-state index contributed by atoms with van der Waals surface area (Å²) in [7, 11) is 0. The summed E-state index contributed by atoms with van der Waals surface area (Å²) in [5.74, 6) is 0.513. The summed E-state index contributed by atoms with van der Waals surface area (Å²) in [6, 6.07) is 8.50. The molecule has 2 atom stereocenters. The van der Waals surface area contributed by atoms with Gasteiger partial charge in [0.25, 0.3) is 5.91 Å². The number of hydrogen-bond acceptors (Lipinski definition) is 5. The van der Waals surface area contributed by atoms with Gasteiger partial charge in [0.15, 0.2) is 5.65 Å². The molecule has 0 bridgehead atoms. The van der Waals surface area contributed by atoms with Crippen LogP contribution in [0.5, 0.6) is 0 Å². The standard InChI is InChI=1S/C25H27FN6O/c1-16-11-19(26)6-7-20(16)25(33)31-9-4-3-5-22(31)21-12-23-28-24(17(2)14-32(23)29-21)30-10-8-18(13-27)15-30/h6-7,11-12,14,18,22H,3-5,8-10,15H2,1-2H3/t18-,22+/m1/s1. The number of fused-ring (bicyclic) bond motifs is 1. The molecule has 2 aliphatic heterocycles. The van der Waals surface area contributed by atoms with Gasteiger partial charge in [0, 0.05) is 43.0 Å². The zero-order valence-electron chi connectivity index (χ0n) is 19.0. The first-order chi connectivity index (χ1) is 15.9. The Hall–Kier alpha value is -3.47. The molecule has 4 heterocycles. The zero-order valence-corrected chi connectivity index (χ0v) is 19.0. The first-order valence-electron chi connectivity index (χ1n) is 11.5. The fourth-order valence-corrected chi connectivity index (χ4v) is 5.06. The minimum absolute atomic E-state index is 0.0413. The zero-order chi connectivity index (χ0) is 23.1. The van der Waals surface area contributed by atoms with E-state index in [1.807, 2.05) is 24.1 Å². The maximum absolute atomic E-state index is 13.6. The van der Waals surface area contributed by atoms with Crippen LogP contribution in [0.4, 0.5) is 10.2 Å². The van der Waals surface area contributed by atoms with Crippen LogP contribution in [0.3, 0.4) is 0 Å². The van der Waals surface area contributed by atoms with Gasteiger partial charge < -0.3 is 9.80 Å². The van der Waals surface area contributed by atoms with Crippen LogP contribution in [0.2, 0.25) is 0 Å². The summed E-state index contributed by atoms with van der Waals surface area (Å²) in [6.07, 6.45) is 5.62. The highest BCUT2D eigenvalue weighted by molar-refractivity contribution is 5.96. The number of aromatic nitrogens is 3. The van der Waals surface area contributed by atoms with Crippen molar-refractivity contribution in [2.45, 2.75) is 45.6 Å². The molecule has 33 heavy (non-hydrogen) atoms. The van der Waals surface area contributed by atoms with Crippen molar-refractivity contribution in [1.29, 1.82) is 5.26 Å². The SMILES string of the molecule is Cc1cc(F)ccc1C(=O)N1CCCC[C@H]1c1cc2nc(N3CC[C@H](C#N)C3)c(C)cn2n1. The first kappa shape index (κ1) is 21.4. The van der Waals surface area contributed by atoms with E-state index in [0.29, 0.717) is 24.2 Å². The summed E-state index contributed by atoms with van der Waals surface area (Å²) in [5, 5.41) is 14.0. The quantitative estimate of drug-likeness (QED) is 0.603. The van der Waals surface area contributed by atoms with Crippen LogP contribution in [0.1, 0.15) is 58.9 Å². The molecule has 2 fully saturated rings. The van der Waals surface area contributed by atoms with Crippen molar-refractivity contribution >= 4 is 17.4 Å². The minimum Gasteiger partial charge on any atom is -0.355 e. The van der Waals surface area contributed by atoms with E-state index >= 15 is 0 Å². The smallest absolute Gasteiger partial charge is 0.254 e. The number of benzene rings is 1. The van der Waals surface area contributed by atoms with Crippen molar-refractivity contribution in [2.75, 3.05) is 24.5 Å². The van der Waals surface area contributed by atoms with Crippen LogP contribution >= 0.6 is 0 Å². The number of piperidine rings is 1. The molecule has 2 aliphatic rings. The topological polar surface area (TPSA) is 77.5 Å². The van der Waals surface area contributed by atoms with Crippen molar-refractivity contribution in [2.24, 2.45) is 5.92 Å². The van der Waals surface area contributed by atoms with E-state index in [1.165, 1.54) is 12.1 Å². The molecule has 2 aromatic heterocycles. The van der Waals surface area contributed by atoms with Gasteiger partial charge in [-0.3, -0.25) is 4.79 Å². The second-order valence-electron chi connectivity index (χ2n) is 9.15. The number of carbonyl (C=O) groups excluding carboxylic acids is 1. The lowest BCUT2D eigenvalue weighted by Crippen LogP contribution is -2.39. The predicted molar refractivity (Wildman–Crippen MR) is 122 cm³/mol. The van der Waals surface area contributed by atoms with Gasteiger partial charge in [0.05, 0.1) is 23.7 Å². The van der Waals surface area contributed by atoms with Gasteiger partial charge in [-0.05, 0) is 63.3 Å². The Bertz CT molecular complexity index is 1260. The van der Waals surface area contributed by atoms with E-state index in [9.17, 15) is 14.4 Å². The number of likely N-dealkylation sites (tertiary alicyclic amines) is 1. The van der Waals surface area contributed by atoms with E-state index in [4.69, 9.17) is 10.1 Å². The molecule has 1 amide bonds. The molecule has 0 unspecified atom stereocenters. The molecule has 2 saturated heterocycles. The molecule has 1 aromatic carbocycles. The summed E-state index contributed by atoms with van der Waals surface area (Å²) in [6.45, 7) is 5.95. The molecule has 0 saturated carbocycles. The average molecular weight is 447 g/mol. The van der Waals surface area contributed by atoms with E-state index in [2.05, 4.69) is 11.0 Å². The summed E-state index contributed by atoms with van der Waals surface area (Å²) in [4.78, 5) is 22.3. The highest BCUT2D eigenvalue weighted by Crippen LogP contribution is 2.33. The van der Waals surface area contributed by atoms with Gasteiger partial charge in [-0.25, -0.2) is 13.9 Å². The molecule has 0 spiro atoms. The third kappa shape index (κ3) is 3.92. The molecule has 0 N–H and O–H groups in total. The number of nitriles is 1. The normalized spacial score (nSPS) is 20.9. The van der Waals surface area contributed by atoms with Crippen molar-refractivity contribution in [3.05, 3.63) is 58.7 Å². The van der Waals surface area contributed by atoms with Crippen molar-refractivity contribution in [3.8, 4) is 6.07 Å². The Kier molecular flexibility index (Phi) is 5.49. The molecule has 7 nitrogen and oxygen atoms in total. The first-order valence-corrected chi connectivity index (χ1v) is 11.5. The number of rotatable bonds is 3. The predicted octanol–water partition coefficient (Wildman–Crippen LogP) is 4.20. The highest BCUT2D eigenvalue weighted by Gasteiger charge is 2.32. The molecular formula is C25H27FN6O. The number of halogens is 1. The Labute approximate surface area is 192 Å². The lowest BCUT2D eigenvalue weighted by molar-refractivity contribution is 0.0605. The summed E-state index contributed by atoms with van der Waals surface area (Å²) >= 11 is 0. The van der Waals surface area contributed by atoms with E-state index in [0.717, 1.165) is 55.0 Å². The van der Waals surface area contributed by atoms with E-state index in [1.54, 1.807) is 17.5 Å². The van der Waals surface area contributed by atoms with Gasteiger partial charge >= 0.3 is 0 Å². The number of aryl methyl sites for hydroxylation is 2. The molecular weight excluding hydrogens is 419 g/mol. The van der Waals surface area contributed by atoms with E-state index < -0.39 is 0 Å². The Morgan fingerprint density at radius 3 is 2.76 bits per heavy atom. The fraction of sp³-hybridized carbons (Fsp3) is 0.440. The minimum atomic E-state index is -0.337. The van der Waals surface area contributed by atoms with Crippen LogP contribution in [0, 0.1) is 36.9 Å². The Balaban J connectivity index is 1.46. The van der Waals surface area contributed by atoms with Gasteiger partial charge in [-0.1, -0.05) is 0 Å². The number of anilines is 1. The molecule has 5 rings (SSSR count).